The predicted octanol–water partition coefficient (Wildman–Crippen LogP) is 6.79. The zero-order valence-electron chi connectivity index (χ0n) is 21.6. The first-order valence-electron chi connectivity index (χ1n) is 12.0. The standard InChI is InChI=1S/C26H27F6N3O5/c1-24(2,3)40-23(39)35-8-7-19(21(36)37)20(13-35)14-5-4-6-17(9-14)33-22(38)34-18-11-15(25(27,28)29)10-16(12-18)26(30,31)32/h4-6,9-12,19-20H,7-8,13H2,1-3H3,(H,36,37)(H2,33,34,38)/t19-,20+/m1/s1. The first kappa shape index (κ1) is 30.6. The minimum Gasteiger partial charge on any atom is -0.481 e. The Hall–Kier alpha value is -3.97. The number of carbonyl (C=O) groups excluding carboxylic acids is 2. The molecular weight excluding hydrogens is 548 g/mol. The van der Waals surface area contributed by atoms with Crippen LogP contribution >= 0.6 is 0 Å². The number of likely N-dealkylation sites (tertiary alicyclic amines) is 1. The zero-order valence-corrected chi connectivity index (χ0v) is 21.6. The fourth-order valence-electron chi connectivity index (χ4n) is 4.25. The molecule has 3 N–H and O–H groups in total. The summed E-state index contributed by atoms with van der Waals surface area (Å²) in [6.45, 7) is 5.23. The molecule has 1 saturated heterocycles. The van der Waals surface area contributed by atoms with Gasteiger partial charge in [0.1, 0.15) is 5.60 Å². The fourth-order valence-corrected chi connectivity index (χ4v) is 4.25. The van der Waals surface area contributed by atoms with Gasteiger partial charge in [-0.15, -0.1) is 0 Å². The largest absolute Gasteiger partial charge is 0.481 e. The SMILES string of the molecule is CC(C)(C)OC(=O)N1CC[C@@H](C(=O)O)[C@H](c2cccc(NC(=O)Nc3cc(C(F)(F)F)cc(C(F)(F)F)c3)c2)C1. The van der Waals surface area contributed by atoms with Crippen LogP contribution < -0.4 is 10.6 Å². The van der Waals surface area contributed by atoms with Crippen molar-refractivity contribution in [2.24, 2.45) is 5.92 Å². The van der Waals surface area contributed by atoms with E-state index in [1.54, 1.807) is 26.8 Å². The number of carboxylic acid groups (broad SMARTS) is 1. The van der Waals surface area contributed by atoms with Gasteiger partial charge in [0.25, 0.3) is 0 Å². The highest BCUT2D eigenvalue weighted by Gasteiger charge is 2.39. The van der Waals surface area contributed by atoms with E-state index in [1.165, 1.54) is 23.1 Å². The Balaban J connectivity index is 1.81. The lowest BCUT2D eigenvalue weighted by atomic mass is 9.80. The molecule has 2 atom stereocenters. The quantitative estimate of drug-likeness (QED) is 0.348. The number of rotatable bonds is 4. The summed E-state index contributed by atoms with van der Waals surface area (Å²) in [5.41, 5.74) is -4.15. The van der Waals surface area contributed by atoms with E-state index in [4.69, 9.17) is 4.74 Å². The summed E-state index contributed by atoms with van der Waals surface area (Å²) in [7, 11) is 0. The van der Waals surface area contributed by atoms with E-state index in [-0.39, 0.29) is 31.3 Å². The van der Waals surface area contributed by atoms with Gasteiger partial charge in [0.2, 0.25) is 0 Å². The Morgan fingerprint density at radius 1 is 0.900 bits per heavy atom. The van der Waals surface area contributed by atoms with Gasteiger partial charge in [-0.2, -0.15) is 26.3 Å². The van der Waals surface area contributed by atoms with Crippen LogP contribution in [0.25, 0.3) is 0 Å². The minimum absolute atomic E-state index is 0.00594. The fraction of sp³-hybridized carbons (Fsp3) is 0.423. The van der Waals surface area contributed by atoms with Crippen molar-refractivity contribution in [3.05, 3.63) is 59.2 Å². The number of ether oxygens (including phenoxy) is 1. The Kier molecular flexibility index (Phi) is 8.60. The summed E-state index contributed by atoms with van der Waals surface area (Å²) in [6.07, 6.45) is -10.7. The molecule has 0 unspecified atom stereocenters. The number of alkyl halides is 6. The van der Waals surface area contributed by atoms with Crippen molar-refractivity contribution in [3.63, 3.8) is 0 Å². The molecule has 0 aromatic heterocycles. The molecule has 218 valence electrons. The third-order valence-electron chi connectivity index (χ3n) is 6.00. The number of benzene rings is 2. The lowest BCUT2D eigenvalue weighted by molar-refractivity contribution is -0.144. The molecule has 3 amide bonds. The Morgan fingerprint density at radius 2 is 1.48 bits per heavy atom. The number of urea groups is 1. The molecule has 40 heavy (non-hydrogen) atoms. The second kappa shape index (κ2) is 11.3. The minimum atomic E-state index is -5.09. The number of anilines is 2. The van der Waals surface area contributed by atoms with Gasteiger partial charge in [-0.1, -0.05) is 12.1 Å². The van der Waals surface area contributed by atoms with E-state index < -0.39 is 64.7 Å². The molecule has 0 bridgehead atoms. The van der Waals surface area contributed by atoms with Crippen LogP contribution in [0.4, 0.5) is 47.3 Å². The molecule has 1 fully saturated rings. The third kappa shape index (κ3) is 8.02. The summed E-state index contributed by atoms with van der Waals surface area (Å²) in [5, 5.41) is 14.0. The molecule has 14 heteroatoms. The van der Waals surface area contributed by atoms with Crippen LogP contribution in [0.3, 0.4) is 0 Å². The van der Waals surface area contributed by atoms with E-state index >= 15 is 0 Å². The molecule has 2 aromatic carbocycles. The van der Waals surface area contributed by atoms with Crippen LogP contribution in [-0.4, -0.2) is 46.8 Å². The molecule has 2 aromatic rings. The number of piperidine rings is 1. The molecule has 0 spiro atoms. The summed E-state index contributed by atoms with van der Waals surface area (Å²) < 4.78 is 84.1. The second-order valence-electron chi connectivity index (χ2n) is 10.3. The number of carboxylic acids is 1. The van der Waals surface area contributed by atoms with Gasteiger partial charge in [-0.05, 0) is 63.1 Å². The van der Waals surface area contributed by atoms with Gasteiger partial charge in [0, 0.05) is 30.4 Å². The highest BCUT2D eigenvalue weighted by molar-refractivity contribution is 6.00. The molecule has 1 aliphatic heterocycles. The van der Waals surface area contributed by atoms with Crippen molar-refractivity contribution < 1.29 is 50.6 Å². The maximum absolute atomic E-state index is 13.1. The third-order valence-corrected chi connectivity index (χ3v) is 6.00. The van der Waals surface area contributed by atoms with Crippen LogP contribution in [0.5, 0.6) is 0 Å². The smallest absolute Gasteiger partial charge is 0.416 e. The first-order chi connectivity index (χ1) is 18.3. The summed E-state index contributed by atoms with van der Waals surface area (Å²) in [6, 6.07) is 5.46. The maximum Gasteiger partial charge on any atom is 0.416 e. The maximum atomic E-state index is 13.1. The van der Waals surface area contributed by atoms with Crippen LogP contribution in [0.15, 0.2) is 42.5 Å². The van der Waals surface area contributed by atoms with E-state index in [2.05, 4.69) is 5.32 Å². The molecule has 1 heterocycles. The number of aliphatic carboxylic acids is 1. The molecule has 1 aliphatic rings. The number of amides is 3. The summed E-state index contributed by atoms with van der Waals surface area (Å²) >= 11 is 0. The van der Waals surface area contributed by atoms with Crippen LogP contribution in [-0.2, 0) is 21.9 Å². The highest BCUT2D eigenvalue weighted by atomic mass is 19.4. The van der Waals surface area contributed by atoms with Crippen molar-refractivity contribution in [3.8, 4) is 0 Å². The average molecular weight is 576 g/mol. The van der Waals surface area contributed by atoms with E-state index in [1.807, 2.05) is 5.32 Å². The summed E-state index contributed by atoms with van der Waals surface area (Å²) in [4.78, 5) is 38.4. The average Bonchev–Trinajstić information content (AvgIpc) is 2.81. The number of halogens is 6. The number of carbonyl (C=O) groups is 3. The van der Waals surface area contributed by atoms with E-state index in [9.17, 15) is 45.8 Å². The van der Waals surface area contributed by atoms with Crippen LogP contribution in [0.2, 0.25) is 0 Å². The highest BCUT2D eigenvalue weighted by Crippen LogP contribution is 2.38. The molecule has 0 aliphatic carbocycles. The molecule has 0 saturated carbocycles. The monoisotopic (exact) mass is 575 g/mol. The second-order valence-corrected chi connectivity index (χ2v) is 10.3. The molecule has 3 rings (SSSR count). The topological polar surface area (TPSA) is 108 Å². The van der Waals surface area contributed by atoms with Crippen LogP contribution in [0.1, 0.15) is 49.8 Å². The van der Waals surface area contributed by atoms with Crippen LogP contribution in [0, 0.1) is 5.92 Å². The van der Waals surface area contributed by atoms with Gasteiger partial charge in [0.05, 0.1) is 17.0 Å². The lowest BCUT2D eigenvalue weighted by Gasteiger charge is -2.37. The van der Waals surface area contributed by atoms with Crippen molar-refractivity contribution in [2.45, 2.75) is 51.1 Å². The Bertz CT molecular complexity index is 1240. The van der Waals surface area contributed by atoms with Crippen molar-refractivity contribution >= 4 is 29.5 Å². The molecular formula is C26H27F6N3O5. The Labute approximate surface area is 225 Å². The number of nitrogens with one attached hydrogen (secondary N) is 2. The number of nitrogens with zero attached hydrogens (tertiary/aromatic N) is 1. The lowest BCUT2D eigenvalue weighted by Crippen LogP contribution is -2.46. The molecule has 0 radical (unpaired) electrons. The van der Waals surface area contributed by atoms with Crippen molar-refractivity contribution in [1.82, 2.24) is 4.90 Å². The van der Waals surface area contributed by atoms with Gasteiger partial charge >= 0.3 is 30.4 Å². The first-order valence-corrected chi connectivity index (χ1v) is 12.0. The van der Waals surface area contributed by atoms with Gasteiger partial charge in [0.15, 0.2) is 0 Å². The zero-order chi connectivity index (χ0) is 30.0. The number of hydrogen-bond acceptors (Lipinski definition) is 4. The number of hydrogen-bond donors (Lipinski definition) is 3. The van der Waals surface area contributed by atoms with Crippen molar-refractivity contribution in [1.29, 1.82) is 0 Å². The summed E-state index contributed by atoms with van der Waals surface area (Å²) in [5.74, 6) is -2.65. The van der Waals surface area contributed by atoms with Gasteiger partial charge in [-0.25, -0.2) is 9.59 Å². The van der Waals surface area contributed by atoms with E-state index in [0.717, 1.165) is 0 Å². The van der Waals surface area contributed by atoms with Gasteiger partial charge in [-0.3, -0.25) is 4.79 Å². The van der Waals surface area contributed by atoms with E-state index in [0.29, 0.717) is 17.7 Å². The Morgan fingerprint density at radius 3 is 2.00 bits per heavy atom. The predicted molar refractivity (Wildman–Crippen MR) is 132 cm³/mol. The van der Waals surface area contributed by atoms with Gasteiger partial charge < -0.3 is 25.4 Å². The molecule has 8 nitrogen and oxygen atoms in total. The van der Waals surface area contributed by atoms with Crippen molar-refractivity contribution in [2.75, 3.05) is 23.7 Å². The normalized spacial score (nSPS) is 18.2.